The highest BCUT2D eigenvalue weighted by molar-refractivity contribution is 5.83. The second-order valence-electron chi connectivity index (χ2n) is 6.36. The second-order valence-corrected chi connectivity index (χ2v) is 6.36. The van der Waals surface area contributed by atoms with Crippen LogP contribution in [0.4, 0.5) is 13.2 Å². The minimum atomic E-state index is -4.36. The molecule has 3 N–H and O–H groups in total. The maximum Gasteiger partial charge on any atom is 0.416 e. The molecule has 1 aromatic rings. The lowest BCUT2D eigenvalue weighted by Crippen LogP contribution is -2.49. The van der Waals surface area contributed by atoms with E-state index >= 15 is 0 Å². The largest absolute Gasteiger partial charge is 0.416 e. The molecule has 128 valence electrons. The number of rotatable bonds is 6. The van der Waals surface area contributed by atoms with E-state index in [1.807, 2.05) is 13.8 Å². The van der Waals surface area contributed by atoms with E-state index in [2.05, 4.69) is 5.32 Å². The van der Waals surface area contributed by atoms with Gasteiger partial charge in [-0.2, -0.15) is 13.2 Å². The third-order valence-corrected chi connectivity index (χ3v) is 4.79. The number of nitrogens with one attached hydrogen (secondary N) is 1. The van der Waals surface area contributed by atoms with E-state index in [0.29, 0.717) is 18.5 Å². The molecule has 2 rings (SSSR count). The summed E-state index contributed by atoms with van der Waals surface area (Å²) in [5.41, 5.74) is 5.63. The van der Waals surface area contributed by atoms with Crippen LogP contribution in [0.25, 0.3) is 0 Å². The first-order valence-electron chi connectivity index (χ1n) is 7.94. The van der Waals surface area contributed by atoms with E-state index in [1.165, 1.54) is 6.07 Å². The number of halogens is 3. The first-order chi connectivity index (χ1) is 10.7. The van der Waals surface area contributed by atoms with Crippen molar-refractivity contribution >= 4 is 5.91 Å². The average Bonchev–Trinajstić information content (AvgIpc) is 3.32. The quantitative estimate of drug-likeness (QED) is 0.840. The van der Waals surface area contributed by atoms with Crippen LogP contribution in [0, 0.1) is 5.92 Å². The molecule has 1 aliphatic carbocycles. The minimum Gasteiger partial charge on any atom is -0.354 e. The van der Waals surface area contributed by atoms with Crippen LogP contribution in [0.2, 0.25) is 0 Å². The summed E-state index contributed by atoms with van der Waals surface area (Å²) in [5.74, 6) is -0.506. The van der Waals surface area contributed by atoms with Crippen molar-refractivity contribution in [3.8, 4) is 0 Å². The Hall–Kier alpha value is -1.56. The predicted octanol–water partition coefficient (Wildman–Crippen LogP) is 3.44. The van der Waals surface area contributed by atoms with Crippen molar-refractivity contribution in [2.75, 3.05) is 6.54 Å². The first-order valence-corrected chi connectivity index (χ1v) is 7.94. The van der Waals surface area contributed by atoms with Gasteiger partial charge in [0.2, 0.25) is 5.91 Å². The van der Waals surface area contributed by atoms with Crippen molar-refractivity contribution in [1.82, 2.24) is 5.32 Å². The summed E-state index contributed by atoms with van der Waals surface area (Å²) in [7, 11) is 0. The second kappa shape index (κ2) is 6.51. The maximum atomic E-state index is 12.7. The van der Waals surface area contributed by atoms with Crippen LogP contribution in [0.1, 0.15) is 50.2 Å². The third kappa shape index (κ3) is 4.25. The van der Waals surface area contributed by atoms with Gasteiger partial charge in [-0.3, -0.25) is 4.79 Å². The molecule has 0 aromatic heterocycles. The van der Waals surface area contributed by atoms with Crippen LogP contribution in [0.5, 0.6) is 0 Å². The Bertz CT molecular complexity index is 567. The van der Waals surface area contributed by atoms with Crippen molar-refractivity contribution in [2.45, 2.75) is 50.7 Å². The fourth-order valence-electron chi connectivity index (χ4n) is 2.69. The number of carbonyl (C=O) groups excluding carboxylic acids is 1. The summed E-state index contributed by atoms with van der Waals surface area (Å²) in [6, 6.07) is 5.23. The van der Waals surface area contributed by atoms with Gasteiger partial charge in [-0.1, -0.05) is 32.0 Å². The monoisotopic (exact) mass is 328 g/mol. The number of nitrogens with two attached hydrogens (primary N) is 1. The molecular weight excluding hydrogens is 305 g/mol. The Balaban J connectivity index is 1.96. The van der Waals surface area contributed by atoms with Crippen LogP contribution in [0.3, 0.4) is 0 Å². The Kier molecular flexibility index (Phi) is 5.04. The zero-order chi connectivity index (χ0) is 17.3. The highest BCUT2D eigenvalue weighted by Crippen LogP contribution is 2.48. The molecule has 23 heavy (non-hydrogen) atoms. The predicted molar refractivity (Wildman–Crippen MR) is 82.8 cm³/mol. The molecule has 1 amide bonds. The molecule has 0 radical (unpaired) electrons. The molecule has 3 nitrogen and oxygen atoms in total. The van der Waals surface area contributed by atoms with Crippen molar-refractivity contribution in [3.05, 3.63) is 35.4 Å². The van der Waals surface area contributed by atoms with E-state index < -0.39 is 17.3 Å². The lowest BCUT2D eigenvalue weighted by molar-refractivity contribution is -0.137. The lowest BCUT2D eigenvalue weighted by Gasteiger charge is -2.26. The van der Waals surface area contributed by atoms with Gasteiger partial charge in [-0.15, -0.1) is 0 Å². The minimum absolute atomic E-state index is 0.121. The molecule has 2 unspecified atom stereocenters. The molecular formula is C17H23F3N2O. The molecule has 1 aromatic carbocycles. The topological polar surface area (TPSA) is 55.1 Å². The standard InChI is InChI=1S/C17H23F3N2O/c1-3-16(21,4-2)10-22-15(23)14-9-13(14)11-6-5-7-12(8-11)17(18,19)20/h5-8,13-14H,3-4,9-10,21H2,1-2H3,(H,22,23). The van der Waals surface area contributed by atoms with Crippen LogP contribution in [0.15, 0.2) is 24.3 Å². The van der Waals surface area contributed by atoms with Crippen molar-refractivity contribution in [2.24, 2.45) is 11.7 Å². The molecule has 1 aliphatic rings. The summed E-state index contributed by atoms with van der Waals surface area (Å²) in [6.07, 6.45) is -2.26. The summed E-state index contributed by atoms with van der Waals surface area (Å²) >= 11 is 0. The molecule has 0 bridgehead atoms. The normalized spacial score (nSPS) is 21.1. The fraction of sp³-hybridized carbons (Fsp3) is 0.588. The van der Waals surface area contributed by atoms with Gasteiger partial charge in [0, 0.05) is 18.0 Å². The van der Waals surface area contributed by atoms with Gasteiger partial charge in [0.25, 0.3) is 0 Å². The van der Waals surface area contributed by atoms with E-state index in [-0.39, 0.29) is 17.7 Å². The van der Waals surface area contributed by atoms with Crippen molar-refractivity contribution in [1.29, 1.82) is 0 Å². The van der Waals surface area contributed by atoms with Gasteiger partial charge in [0.05, 0.1) is 5.56 Å². The van der Waals surface area contributed by atoms with Crippen molar-refractivity contribution in [3.63, 3.8) is 0 Å². The highest BCUT2D eigenvalue weighted by Gasteiger charge is 2.45. The number of carbonyl (C=O) groups is 1. The molecule has 0 saturated heterocycles. The lowest BCUT2D eigenvalue weighted by atomic mass is 9.94. The summed E-state index contributed by atoms with van der Waals surface area (Å²) in [5, 5.41) is 2.85. The number of hydrogen-bond acceptors (Lipinski definition) is 2. The molecule has 0 spiro atoms. The number of amides is 1. The number of benzene rings is 1. The molecule has 2 atom stereocenters. The van der Waals surface area contributed by atoms with Crippen molar-refractivity contribution < 1.29 is 18.0 Å². The Morgan fingerprint density at radius 1 is 1.30 bits per heavy atom. The van der Waals surface area contributed by atoms with E-state index in [4.69, 9.17) is 5.73 Å². The van der Waals surface area contributed by atoms with Gasteiger partial charge in [-0.05, 0) is 36.8 Å². The first kappa shape index (κ1) is 17.8. The van der Waals surface area contributed by atoms with Gasteiger partial charge in [-0.25, -0.2) is 0 Å². The Morgan fingerprint density at radius 3 is 2.52 bits per heavy atom. The third-order valence-electron chi connectivity index (χ3n) is 4.79. The summed E-state index contributed by atoms with van der Waals surface area (Å²) in [6.45, 7) is 4.33. The number of alkyl halides is 3. The molecule has 1 saturated carbocycles. The maximum absolute atomic E-state index is 12.7. The fourth-order valence-corrected chi connectivity index (χ4v) is 2.69. The van der Waals surface area contributed by atoms with E-state index in [1.54, 1.807) is 6.07 Å². The van der Waals surface area contributed by atoms with Crippen LogP contribution >= 0.6 is 0 Å². The smallest absolute Gasteiger partial charge is 0.354 e. The summed E-state index contributed by atoms with van der Waals surface area (Å²) in [4.78, 5) is 12.2. The summed E-state index contributed by atoms with van der Waals surface area (Å²) < 4.78 is 38.2. The molecule has 6 heteroatoms. The molecule has 1 fully saturated rings. The SMILES string of the molecule is CCC(N)(CC)CNC(=O)C1CC1c1cccc(C(F)(F)F)c1. The molecule has 0 aliphatic heterocycles. The zero-order valence-electron chi connectivity index (χ0n) is 13.4. The van der Waals surface area contributed by atoms with E-state index in [0.717, 1.165) is 25.0 Å². The van der Waals surface area contributed by atoms with Crippen LogP contribution in [-0.4, -0.2) is 18.0 Å². The zero-order valence-corrected chi connectivity index (χ0v) is 13.4. The van der Waals surface area contributed by atoms with Gasteiger partial charge in [0.1, 0.15) is 0 Å². The molecule has 0 heterocycles. The number of hydrogen-bond donors (Lipinski definition) is 2. The van der Waals surface area contributed by atoms with Gasteiger partial charge < -0.3 is 11.1 Å². The highest BCUT2D eigenvalue weighted by atomic mass is 19.4. The van der Waals surface area contributed by atoms with E-state index in [9.17, 15) is 18.0 Å². The Morgan fingerprint density at radius 2 is 1.96 bits per heavy atom. The van der Waals surface area contributed by atoms with Crippen LogP contribution in [-0.2, 0) is 11.0 Å². The van der Waals surface area contributed by atoms with Crippen LogP contribution < -0.4 is 11.1 Å². The average molecular weight is 328 g/mol. The van der Waals surface area contributed by atoms with Gasteiger partial charge >= 0.3 is 6.18 Å². The van der Waals surface area contributed by atoms with Gasteiger partial charge in [0.15, 0.2) is 0 Å². The Labute approximate surface area is 134 Å².